The van der Waals surface area contributed by atoms with Gasteiger partial charge in [0.05, 0.1) is 21.9 Å². The maximum absolute atomic E-state index is 12.2. The molecule has 1 aromatic heterocycles. The zero-order chi connectivity index (χ0) is 14.9. The van der Waals surface area contributed by atoms with Gasteiger partial charge in [0.1, 0.15) is 0 Å². The monoisotopic (exact) mass is 333 g/mol. The Morgan fingerprint density at radius 1 is 1.20 bits per heavy atom. The second-order valence-electron chi connectivity index (χ2n) is 4.46. The molecule has 0 aliphatic heterocycles. The van der Waals surface area contributed by atoms with E-state index in [1.54, 1.807) is 32.0 Å². The van der Waals surface area contributed by atoms with Crippen molar-refractivity contribution in [2.75, 3.05) is 0 Å². The van der Waals surface area contributed by atoms with Gasteiger partial charge in [-0.15, -0.1) is 0 Å². The molecular weight excluding hydrogens is 321 g/mol. The molecule has 2 rings (SSSR count). The fourth-order valence-electron chi connectivity index (χ4n) is 1.68. The van der Waals surface area contributed by atoms with Crippen molar-refractivity contribution in [3.63, 3.8) is 0 Å². The largest absolute Gasteiger partial charge is 0.258 e. The van der Waals surface area contributed by atoms with Gasteiger partial charge in [0, 0.05) is 6.04 Å². The summed E-state index contributed by atoms with van der Waals surface area (Å²) in [5.74, 6) is 0. The van der Waals surface area contributed by atoms with Crippen LogP contribution in [0.15, 0.2) is 35.5 Å². The van der Waals surface area contributed by atoms with Crippen molar-refractivity contribution in [1.82, 2.24) is 14.5 Å². The minimum atomic E-state index is -3.64. The Hall–Kier alpha value is -1.08. The number of nitrogens with one attached hydrogen (secondary N) is 1. The molecule has 0 unspecified atom stereocenters. The molecule has 0 saturated carbocycles. The average Bonchev–Trinajstić information content (AvgIpc) is 2.81. The fourth-order valence-corrected chi connectivity index (χ4v) is 3.33. The fraction of sp³-hybridized carbons (Fsp3) is 0.250. The number of rotatable bonds is 4. The Bertz CT molecular complexity index is 726. The number of hydrogen-bond acceptors (Lipinski definition) is 3. The molecule has 0 aliphatic rings. The zero-order valence-electron chi connectivity index (χ0n) is 10.8. The summed E-state index contributed by atoms with van der Waals surface area (Å²) < 4.78 is 28.2. The molecule has 0 radical (unpaired) electrons. The van der Waals surface area contributed by atoms with E-state index >= 15 is 0 Å². The molecule has 108 valence electrons. The van der Waals surface area contributed by atoms with Crippen molar-refractivity contribution in [3.05, 3.63) is 40.5 Å². The third-order valence-corrected chi connectivity index (χ3v) is 4.80. The Balaban J connectivity index is 2.50. The van der Waals surface area contributed by atoms with E-state index in [9.17, 15) is 8.42 Å². The SMILES string of the molecule is CC(C)NS(=O)(=O)c1ccnn1-c1ccc(Cl)c(Cl)c1. The summed E-state index contributed by atoms with van der Waals surface area (Å²) in [5, 5.41) is 4.80. The molecule has 1 aromatic carbocycles. The number of benzene rings is 1. The van der Waals surface area contributed by atoms with E-state index in [2.05, 4.69) is 9.82 Å². The van der Waals surface area contributed by atoms with Crippen LogP contribution in [-0.2, 0) is 10.0 Å². The standard InChI is InChI=1S/C12H13Cl2N3O2S/c1-8(2)16-20(18,19)12-5-6-15-17(12)9-3-4-10(13)11(14)7-9/h3-8,16H,1-2H3. The third kappa shape index (κ3) is 3.15. The Morgan fingerprint density at radius 2 is 1.90 bits per heavy atom. The van der Waals surface area contributed by atoms with E-state index in [4.69, 9.17) is 23.2 Å². The molecule has 0 saturated heterocycles. The Kier molecular flexibility index (Phi) is 4.39. The van der Waals surface area contributed by atoms with E-state index < -0.39 is 10.0 Å². The molecule has 0 aliphatic carbocycles. The average molecular weight is 334 g/mol. The smallest absolute Gasteiger partial charge is 0.221 e. The van der Waals surface area contributed by atoms with E-state index in [1.807, 2.05) is 0 Å². The minimum absolute atomic E-state index is 0.0459. The number of nitrogens with zero attached hydrogens (tertiary/aromatic N) is 2. The first kappa shape index (κ1) is 15.3. The summed E-state index contributed by atoms with van der Waals surface area (Å²) >= 11 is 11.8. The number of sulfonamides is 1. The first-order chi connectivity index (χ1) is 9.31. The van der Waals surface area contributed by atoms with Crippen molar-refractivity contribution in [2.45, 2.75) is 24.9 Å². The van der Waals surface area contributed by atoms with Gasteiger partial charge in [-0.1, -0.05) is 23.2 Å². The maximum atomic E-state index is 12.2. The second kappa shape index (κ2) is 5.73. The highest BCUT2D eigenvalue weighted by Gasteiger charge is 2.21. The highest BCUT2D eigenvalue weighted by atomic mass is 35.5. The van der Waals surface area contributed by atoms with Gasteiger partial charge in [-0.2, -0.15) is 5.10 Å². The lowest BCUT2D eigenvalue weighted by molar-refractivity contribution is 0.560. The van der Waals surface area contributed by atoms with E-state index in [1.165, 1.54) is 16.9 Å². The van der Waals surface area contributed by atoms with Gasteiger partial charge >= 0.3 is 0 Å². The van der Waals surface area contributed by atoms with Crippen LogP contribution in [0, 0.1) is 0 Å². The first-order valence-electron chi connectivity index (χ1n) is 5.83. The van der Waals surface area contributed by atoms with Crippen LogP contribution in [0.3, 0.4) is 0 Å². The van der Waals surface area contributed by atoms with Crippen LogP contribution in [0.1, 0.15) is 13.8 Å². The normalized spacial score (nSPS) is 12.1. The van der Waals surface area contributed by atoms with Crippen LogP contribution in [0.2, 0.25) is 10.0 Å². The molecule has 0 atom stereocenters. The topological polar surface area (TPSA) is 64.0 Å². The van der Waals surface area contributed by atoms with Crippen LogP contribution >= 0.6 is 23.2 Å². The summed E-state index contributed by atoms with van der Waals surface area (Å²) in [4.78, 5) is 0. The molecule has 0 amide bonds. The molecule has 2 aromatic rings. The van der Waals surface area contributed by atoms with Gasteiger partial charge in [-0.3, -0.25) is 0 Å². The molecule has 1 heterocycles. The van der Waals surface area contributed by atoms with Crippen molar-refractivity contribution in [1.29, 1.82) is 0 Å². The molecule has 5 nitrogen and oxygen atoms in total. The van der Waals surface area contributed by atoms with Crippen molar-refractivity contribution in [2.24, 2.45) is 0 Å². The van der Waals surface area contributed by atoms with Gasteiger partial charge in [-0.25, -0.2) is 17.8 Å². The van der Waals surface area contributed by atoms with Crippen LogP contribution < -0.4 is 4.72 Å². The van der Waals surface area contributed by atoms with Crippen LogP contribution in [-0.4, -0.2) is 24.2 Å². The lowest BCUT2D eigenvalue weighted by Gasteiger charge is -2.12. The molecule has 0 bridgehead atoms. The third-order valence-electron chi connectivity index (χ3n) is 2.42. The Morgan fingerprint density at radius 3 is 2.50 bits per heavy atom. The van der Waals surface area contributed by atoms with E-state index in [0.717, 1.165) is 0 Å². The van der Waals surface area contributed by atoms with Gasteiger partial charge < -0.3 is 0 Å². The number of halogens is 2. The molecule has 1 N–H and O–H groups in total. The highest BCUT2D eigenvalue weighted by molar-refractivity contribution is 7.89. The van der Waals surface area contributed by atoms with Gasteiger partial charge in [0.25, 0.3) is 10.0 Å². The molecule has 0 spiro atoms. The van der Waals surface area contributed by atoms with Crippen LogP contribution in [0.5, 0.6) is 0 Å². The molecule has 20 heavy (non-hydrogen) atoms. The predicted octanol–water partition coefficient (Wildman–Crippen LogP) is 2.87. The maximum Gasteiger partial charge on any atom is 0.258 e. The van der Waals surface area contributed by atoms with E-state index in [-0.39, 0.29) is 11.1 Å². The second-order valence-corrected chi connectivity index (χ2v) is 6.93. The van der Waals surface area contributed by atoms with Gasteiger partial charge in [-0.05, 0) is 38.1 Å². The summed E-state index contributed by atoms with van der Waals surface area (Å²) in [7, 11) is -3.64. The zero-order valence-corrected chi connectivity index (χ0v) is 13.2. The van der Waals surface area contributed by atoms with Crippen molar-refractivity contribution in [3.8, 4) is 5.69 Å². The van der Waals surface area contributed by atoms with Gasteiger partial charge in [0.2, 0.25) is 0 Å². The van der Waals surface area contributed by atoms with Gasteiger partial charge in [0.15, 0.2) is 5.03 Å². The van der Waals surface area contributed by atoms with E-state index in [0.29, 0.717) is 15.7 Å². The minimum Gasteiger partial charge on any atom is -0.221 e. The first-order valence-corrected chi connectivity index (χ1v) is 8.07. The summed E-state index contributed by atoms with van der Waals surface area (Å²) in [5.41, 5.74) is 0.522. The molecule has 8 heteroatoms. The van der Waals surface area contributed by atoms with Crippen LogP contribution in [0.25, 0.3) is 5.69 Å². The number of aromatic nitrogens is 2. The van der Waals surface area contributed by atoms with Crippen molar-refractivity contribution < 1.29 is 8.42 Å². The number of hydrogen-bond donors (Lipinski definition) is 1. The summed E-state index contributed by atoms with van der Waals surface area (Å²) in [6.45, 7) is 3.49. The Labute approximate surface area is 127 Å². The highest BCUT2D eigenvalue weighted by Crippen LogP contribution is 2.25. The predicted molar refractivity (Wildman–Crippen MR) is 79.0 cm³/mol. The lowest BCUT2D eigenvalue weighted by atomic mass is 10.3. The summed E-state index contributed by atoms with van der Waals surface area (Å²) in [6, 6.07) is 6.01. The molecule has 0 fully saturated rings. The summed E-state index contributed by atoms with van der Waals surface area (Å²) in [6.07, 6.45) is 1.41. The lowest BCUT2D eigenvalue weighted by Crippen LogP contribution is -2.31. The quantitative estimate of drug-likeness (QED) is 0.935. The van der Waals surface area contributed by atoms with Crippen LogP contribution in [0.4, 0.5) is 0 Å². The molecular formula is C12H13Cl2N3O2S. The van der Waals surface area contributed by atoms with Crippen molar-refractivity contribution >= 4 is 33.2 Å².